The first-order valence-corrected chi connectivity index (χ1v) is 8.34. The molecule has 122 valence electrons. The number of rotatable bonds is 1. The number of allylic oxidation sites excluding steroid dienone is 1. The molecule has 3 aliphatic carbocycles. The van der Waals surface area contributed by atoms with Gasteiger partial charge in [0.05, 0.1) is 12.5 Å². The fourth-order valence-electron chi connectivity index (χ4n) is 5.74. The quantitative estimate of drug-likeness (QED) is 0.787. The zero-order valence-corrected chi connectivity index (χ0v) is 13.4. The van der Waals surface area contributed by atoms with E-state index in [-0.39, 0.29) is 11.8 Å². The zero-order chi connectivity index (χ0) is 16.0. The highest BCUT2D eigenvalue weighted by molar-refractivity contribution is 5.97. The summed E-state index contributed by atoms with van der Waals surface area (Å²) in [5.74, 6) is 1.71. The Bertz CT molecular complexity index is 708. The number of hydrogen-bond acceptors (Lipinski definition) is 5. The van der Waals surface area contributed by atoms with Gasteiger partial charge in [-0.05, 0) is 62.6 Å². The molecule has 1 saturated heterocycles. The highest BCUT2D eigenvalue weighted by Gasteiger charge is 2.73. The molecule has 1 spiro atoms. The average Bonchev–Trinajstić information content (AvgIpc) is 2.90. The molecule has 0 aromatic heterocycles. The molecule has 0 aromatic carbocycles. The minimum Gasteiger partial charge on any atom is -0.493 e. The van der Waals surface area contributed by atoms with Gasteiger partial charge in [-0.2, -0.15) is 0 Å². The monoisotopic (exact) mass is 315 g/mol. The van der Waals surface area contributed by atoms with E-state index >= 15 is 0 Å². The normalized spacial score (nSPS) is 47.2. The molecule has 2 heterocycles. The molecule has 5 atom stereocenters. The van der Waals surface area contributed by atoms with Crippen molar-refractivity contribution in [2.45, 2.75) is 37.0 Å². The summed E-state index contributed by atoms with van der Waals surface area (Å²) in [5.41, 5.74) is -0.527. The first-order valence-electron chi connectivity index (χ1n) is 8.34. The molecule has 1 N–H and O–H groups in total. The third-order valence-electron chi connectivity index (χ3n) is 6.73. The highest BCUT2D eigenvalue weighted by Crippen LogP contribution is 2.66. The Morgan fingerprint density at radius 1 is 1.48 bits per heavy atom. The molecular formula is C18H21NO4. The number of nitrogens with zero attached hydrogens (tertiary/aromatic N) is 1. The van der Waals surface area contributed by atoms with Crippen LogP contribution >= 0.6 is 0 Å². The van der Waals surface area contributed by atoms with Gasteiger partial charge in [-0.25, -0.2) is 0 Å². The van der Waals surface area contributed by atoms with Gasteiger partial charge >= 0.3 is 0 Å². The summed E-state index contributed by atoms with van der Waals surface area (Å²) in [4.78, 5) is 14.8. The van der Waals surface area contributed by atoms with Crippen molar-refractivity contribution in [3.8, 4) is 0 Å². The van der Waals surface area contributed by atoms with Crippen LogP contribution in [0.25, 0.3) is 0 Å². The van der Waals surface area contributed by atoms with Crippen molar-refractivity contribution in [1.82, 2.24) is 4.90 Å². The molecule has 5 heteroatoms. The van der Waals surface area contributed by atoms with Crippen LogP contribution in [-0.4, -0.2) is 54.2 Å². The van der Waals surface area contributed by atoms with Crippen LogP contribution in [0.3, 0.4) is 0 Å². The van der Waals surface area contributed by atoms with E-state index in [9.17, 15) is 9.90 Å². The fraction of sp³-hybridized carbons (Fsp3) is 0.611. The summed E-state index contributed by atoms with van der Waals surface area (Å²) in [6.07, 6.45) is 7.22. The van der Waals surface area contributed by atoms with Crippen molar-refractivity contribution in [2.75, 3.05) is 20.7 Å². The standard InChI is InChI=1S/C18H21NO4/c1-19-8-7-17-14-10-3-4-12(22-2)15(14)23-16(17)11(20)5-6-18(17,21)13(19)9-10/h4-6,10,13,16,21H,3,7-9H2,1-2H3/t10?,13-,16+,17+,18-/m1/s1. The van der Waals surface area contributed by atoms with E-state index < -0.39 is 17.1 Å². The van der Waals surface area contributed by atoms with Gasteiger partial charge in [0.1, 0.15) is 5.60 Å². The van der Waals surface area contributed by atoms with Crippen molar-refractivity contribution < 1.29 is 19.4 Å². The Morgan fingerprint density at radius 2 is 2.30 bits per heavy atom. The van der Waals surface area contributed by atoms with Crippen LogP contribution in [0.5, 0.6) is 0 Å². The Morgan fingerprint density at radius 3 is 3.09 bits per heavy atom. The van der Waals surface area contributed by atoms with Crippen LogP contribution in [0.1, 0.15) is 19.3 Å². The zero-order valence-electron chi connectivity index (χ0n) is 13.4. The first-order chi connectivity index (χ1) is 11.0. The van der Waals surface area contributed by atoms with Gasteiger partial charge < -0.3 is 19.5 Å². The summed E-state index contributed by atoms with van der Waals surface area (Å²) in [5, 5.41) is 11.7. The molecule has 2 bridgehead atoms. The summed E-state index contributed by atoms with van der Waals surface area (Å²) < 4.78 is 11.6. The summed E-state index contributed by atoms with van der Waals surface area (Å²) in [6, 6.07) is 0.0253. The van der Waals surface area contributed by atoms with Gasteiger partial charge in [0.25, 0.3) is 0 Å². The van der Waals surface area contributed by atoms with Gasteiger partial charge in [0.2, 0.25) is 0 Å². The van der Waals surface area contributed by atoms with E-state index in [2.05, 4.69) is 18.0 Å². The number of ketones is 1. The van der Waals surface area contributed by atoms with Crippen LogP contribution in [-0.2, 0) is 14.3 Å². The number of carbonyl (C=O) groups is 1. The van der Waals surface area contributed by atoms with Crippen LogP contribution in [0.15, 0.2) is 35.3 Å². The lowest BCUT2D eigenvalue weighted by Crippen LogP contribution is -2.73. The molecule has 2 fully saturated rings. The van der Waals surface area contributed by atoms with Crippen molar-refractivity contribution in [2.24, 2.45) is 11.3 Å². The number of piperidine rings is 1. The second kappa shape index (κ2) is 4.08. The van der Waals surface area contributed by atoms with Gasteiger partial charge in [-0.15, -0.1) is 0 Å². The molecule has 5 aliphatic rings. The topological polar surface area (TPSA) is 59.0 Å². The Balaban J connectivity index is 1.80. The molecule has 1 unspecified atom stereocenters. The van der Waals surface area contributed by atoms with E-state index in [1.54, 1.807) is 13.2 Å². The van der Waals surface area contributed by atoms with Gasteiger partial charge in [-0.1, -0.05) is 0 Å². The average molecular weight is 315 g/mol. The van der Waals surface area contributed by atoms with E-state index in [0.717, 1.165) is 31.4 Å². The first kappa shape index (κ1) is 13.8. The number of methoxy groups -OCH3 is 1. The minimum atomic E-state index is -1.04. The smallest absolute Gasteiger partial charge is 0.196 e. The van der Waals surface area contributed by atoms with Gasteiger partial charge in [-0.3, -0.25) is 4.79 Å². The molecule has 0 aromatic rings. The van der Waals surface area contributed by atoms with Crippen molar-refractivity contribution in [3.05, 3.63) is 35.3 Å². The molecule has 23 heavy (non-hydrogen) atoms. The SMILES string of the molecule is COC1=CCC2C[C@H]3N(C)CC[C@]45C2=C1O[C@H]4C(=O)C=C[C@@]35O. The number of likely N-dealkylation sites (N-methyl/N-ethyl adjacent to an activating group) is 1. The van der Waals surface area contributed by atoms with Crippen LogP contribution in [0.4, 0.5) is 0 Å². The predicted octanol–water partition coefficient (Wildman–Crippen LogP) is 1.15. The highest BCUT2D eigenvalue weighted by atomic mass is 16.5. The van der Waals surface area contributed by atoms with E-state index in [0.29, 0.717) is 17.4 Å². The molecular weight excluding hydrogens is 294 g/mol. The Kier molecular flexibility index (Phi) is 2.45. The molecule has 5 nitrogen and oxygen atoms in total. The van der Waals surface area contributed by atoms with Crippen molar-refractivity contribution >= 4 is 5.78 Å². The summed E-state index contributed by atoms with van der Waals surface area (Å²) >= 11 is 0. The summed E-state index contributed by atoms with van der Waals surface area (Å²) in [7, 11) is 3.70. The minimum absolute atomic E-state index is 0.0253. The number of likely N-dealkylation sites (tertiary alicyclic amines) is 1. The summed E-state index contributed by atoms with van der Waals surface area (Å²) in [6.45, 7) is 0.865. The number of hydrogen-bond donors (Lipinski definition) is 1. The van der Waals surface area contributed by atoms with Crippen molar-refractivity contribution in [1.29, 1.82) is 0 Å². The second-order valence-corrected chi connectivity index (χ2v) is 7.46. The van der Waals surface area contributed by atoms with Crippen LogP contribution < -0.4 is 0 Å². The lowest BCUT2D eigenvalue weighted by atomic mass is 9.47. The van der Waals surface area contributed by atoms with E-state index in [4.69, 9.17) is 9.47 Å². The fourth-order valence-corrected chi connectivity index (χ4v) is 5.74. The van der Waals surface area contributed by atoms with Crippen LogP contribution in [0.2, 0.25) is 0 Å². The van der Waals surface area contributed by atoms with Crippen molar-refractivity contribution in [3.63, 3.8) is 0 Å². The third kappa shape index (κ3) is 1.32. The lowest BCUT2D eigenvalue weighted by Gasteiger charge is -2.62. The van der Waals surface area contributed by atoms with Gasteiger partial charge in [0, 0.05) is 6.04 Å². The largest absolute Gasteiger partial charge is 0.493 e. The molecule has 0 radical (unpaired) electrons. The molecule has 5 rings (SSSR count). The van der Waals surface area contributed by atoms with E-state index in [1.165, 1.54) is 6.08 Å². The number of carbonyl (C=O) groups excluding carboxylic acids is 1. The maximum Gasteiger partial charge on any atom is 0.196 e. The Labute approximate surface area is 135 Å². The molecule has 2 aliphatic heterocycles. The number of ether oxygens (including phenoxy) is 2. The lowest BCUT2D eigenvalue weighted by molar-refractivity contribution is -0.181. The predicted molar refractivity (Wildman–Crippen MR) is 82.3 cm³/mol. The maximum atomic E-state index is 12.6. The van der Waals surface area contributed by atoms with Crippen LogP contribution in [0, 0.1) is 11.3 Å². The third-order valence-corrected chi connectivity index (χ3v) is 6.73. The molecule has 0 amide bonds. The maximum absolute atomic E-state index is 12.6. The second-order valence-electron chi connectivity index (χ2n) is 7.46. The molecule has 1 saturated carbocycles. The van der Waals surface area contributed by atoms with Gasteiger partial charge in [0.15, 0.2) is 23.4 Å². The number of aliphatic hydroxyl groups is 1. The Hall–Kier alpha value is -1.59. The van der Waals surface area contributed by atoms with E-state index in [1.807, 2.05) is 0 Å².